The summed E-state index contributed by atoms with van der Waals surface area (Å²) in [5.74, 6) is 1.58. The van der Waals surface area contributed by atoms with Crippen molar-refractivity contribution in [3.8, 4) is 22.8 Å². The van der Waals surface area contributed by atoms with Crippen molar-refractivity contribution in [1.29, 1.82) is 0 Å². The van der Waals surface area contributed by atoms with Crippen LogP contribution in [0.25, 0.3) is 17.1 Å². The van der Waals surface area contributed by atoms with Crippen LogP contribution in [0.5, 0.6) is 5.75 Å². The number of fused-ring (bicyclic) bond motifs is 5. The molecule has 0 fully saturated rings. The highest BCUT2D eigenvalue weighted by Crippen LogP contribution is 2.34. The number of aromatic nitrogens is 5. The average molecular weight is 369 g/mol. The Morgan fingerprint density at radius 3 is 2.85 bits per heavy atom. The highest BCUT2D eigenvalue weighted by molar-refractivity contribution is 5.89. The molecule has 140 valence electrons. The molecule has 1 aliphatic rings. The van der Waals surface area contributed by atoms with Crippen molar-refractivity contribution in [1.82, 2.24) is 24.3 Å². The first-order valence-corrected chi connectivity index (χ1v) is 8.51. The van der Waals surface area contributed by atoms with Gasteiger partial charge in [0.05, 0.1) is 31.6 Å². The third kappa shape index (κ3) is 2.76. The van der Waals surface area contributed by atoms with Crippen molar-refractivity contribution in [2.75, 3.05) is 20.8 Å². The van der Waals surface area contributed by atoms with Gasteiger partial charge in [0.15, 0.2) is 17.3 Å². The predicted molar refractivity (Wildman–Crippen MR) is 94.9 cm³/mol. The van der Waals surface area contributed by atoms with Gasteiger partial charge in [-0.2, -0.15) is 0 Å². The van der Waals surface area contributed by atoms with Gasteiger partial charge in [-0.15, -0.1) is 10.2 Å². The molecule has 2 aromatic heterocycles. The van der Waals surface area contributed by atoms with E-state index in [-0.39, 0.29) is 12.3 Å². The molecule has 0 amide bonds. The molecule has 0 bridgehead atoms. The van der Waals surface area contributed by atoms with Gasteiger partial charge in [0.25, 0.3) is 0 Å². The Kier molecular flexibility index (Phi) is 4.36. The van der Waals surface area contributed by atoms with Crippen LogP contribution in [0.2, 0.25) is 0 Å². The second-order valence-corrected chi connectivity index (χ2v) is 5.97. The van der Waals surface area contributed by atoms with Crippen LogP contribution >= 0.6 is 0 Å². The Bertz CT molecular complexity index is 1010. The van der Waals surface area contributed by atoms with Crippen molar-refractivity contribution in [3.05, 3.63) is 41.7 Å². The molecular formula is C18H19N5O4. The van der Waals surface area contributed by atoms with E-state index in [9.17, 15) is 4.79 Å². The zero-order valence-corrected chi connectivity index (χ0v) is 15.3. The third-order valence-electron chi connectivity index (χ3n) is 4.45. The maximum absolute atomic E-state index is 12.4. The fraction of sp³-hybridized carbons (Fsp3) is 0.333. The lowest BCUT2D eigenvalue weighted by Crippen LogP contribution is -2.13. The second kappa shape index (κ2) is 6.84. The smallest absolute Gasteiger partial charge is 0.358 e. The largest absolute Gasteiger partial charge is 0.497 e. The highest BCUT2D eigenvalue weighted by atomic mass is 16.5. The molecule has 0 radical (unpaired) electrons. The lowest BCUT2D eigenvalue weighted by molar-refractivity contribution is 0.0518. The van der Waals surface area contributed by atoms with Crippen molar-refractivity contribution >= 4 is 5.97 Å². The van der Waals surface area contributed by atoms with E-state index < -0.39 is 5.97 Å². The van der Waals surface area contributed by atoms with Crippen molar-refractivity contribution in [2.45, 2.75) is 20.1 Å². The van der Waals surface area contributed by atoms with E-state index in [0.717, 1.165) is 11.3 Å². The Labute approximate surface area is 155 Å². The molecule has 27 heavy (non-hydrogen) atoms. The number of imidazole rings is 1. The van der Waals surface area contributed by atoms with Crippen molar-refractivity contribution in [3.63, 3.8) is 0 Å². The van der Waals surface area contributed by atoms with Gasteiger partial charge in [0.2, 0.25) is 0 Å². The van der Waals surface area contributed by atoms with Gasteiger partial charge in [-0.25, -0.2) is 9.78 Å². The quantitative estimate of drug-likeness (QED) is 0.495. The lowest BCUT2D eigenvalue weighted by Gasteiger charge is -2.10. The number of esters is 1. The van der Waals surface area contributed by atoms with Crippen LogP contribution in [0.3, 0.4) is 0 Å². The molecule has 4 rings (SSSR count). The van der Waals surface area contributed by atoms with E-state index >= 15 is 0 Å². The number of methoxy groups -OCH3 is 2. The number of benzene rings is 1. The number of nitrogens with zero attached hydrogens (tertiary/aromatic N) is 5. The molecule has 0 saturated carbocycles. The fourth-order valence-electron chi connectivity index (χ4n) is 3.22. The summed E-state index contributed by atoms with van der Waals surface area (Å²) >= 11 is 0. The SMILES string of the molecule is CCOC(=O)c1ncn2c1Cn1c(COC)nnc1-c1cc(OC)ccc1-2. The number of hydrogen-bond acceptors (Lipinski definition) is 7. The number of rotatable bonds is 5. The number of carbonyl (C=O) groups is 1. The summed E-state index contributed by atoms with van der Waals surface area (Å²) in [6.45, 7) is 2.72. The summed E-state index contributed by atoms with van der Waals surface area (Å²) in [5.41, 5.74) is 2.65. The molecule has 9 nitrogen and oxygen atoms in total. The van der Waals surface area contributed by atoms with E-state index in [1.165, 1.54) is 0 Å². The Hall–Kier alpha value is -3.20. The lowest BCUT2D eigenvalue weighted by atomic mass is 10.1. The molecule has 0 atom stereocenters. The maximum atomic E-state index is 12.4. The summed E-state index contributed by atoms with van der Waals surface area (Å²) in [6, 6.07) is 5.66. The first kappa shape index (κ1) is 17.2. The average Bonchev–Trinajstić information content (AvgIpc) is 3.24. The van der Waals surface area contributed by atoms with Crippen molar-refractivity contribution < 1.29 is 19.0 Å². The molecule has 3 aromatic rings. The normalized spacial score (nSPS) is 12.0. The molecule has 0 saturated heterocycles. The number of ether oxygens (including phenoxy) is 3. The molecule has 3 heterocycles. The van der Waals surface area contributed by atoms with Crippen molar-refractivity contribution in [2.24, 2.45) is 0 Å². The van der Waals surface area contributed by atoms with Crippen LogP contribution in [-0.4, -0.2) is 51.1 Å². The minimum atomic E-state index is -0.453. The molecule has 9 heteroatoms. The van der Waals surface area contributed by atoms with E-state index in [1.54, 1.807) is 27.5 Å². The van der Waals surface area contributed by atoms with E-state index in [4.69, 9.17) is 14.2 Å². The van der Waals surface area contributed by atoms with E-state index in [0.29, 0.717) is 36.2 Å². The van der Waals surface area contributed by atoms with E-state index in [2.05, 4.69) is 15.2 Å². The minimum absolute atomic E-state index is 0.281. The van der Waals surface area contributed by atoms with E-state index in [1.807, 2.05) is 27.3 Å². The van der Waals surface area contributed by atoms with Gasteiger partial charge < -0.3 is 18.8 Å². The number of carbonyl (C=O) groups excluding carboxylic acids is 1. The zero-order valence-electron chi connectivity index (χ0n) is 15.3. The van der Waals surface area contributed by atoms with Crippen LogP contribution in [0, 0.1) is 0 Å². The van der Waals surface area contributed by atoms with Crippen LogP contribution in [0.1, 0.15) is 28.9 Å². The number of hydrogen-bond donors (Lipinski definition) is 0. The summed E-state index contributed by atoms with van der Waals surface area (Å²) in [7, 11) is 3.21. The monoisotopic (exact) mass is 369 g/mol. The van der Waals surface area contributed by atoms with Gasteiger partial charge in [-0.05, 0) is 25.1 Å². The first-order valence-electron chi connectivity index (χ1n) is 8.51. The van der Waals surface area contributed by atoms with Crippen LogP contribution in [0.15, 0.2) is 24.5 Å². The highest BCUT2D eigenvalue weighted by Gasteiger charge is 2.28. The van der Waals surface area contributed by atoms with Crippen LogP contribution < -0.4 is 4.74 Å². The first-order chi connectivity index (χ1) is 13.2. The van der Waals surface area contributed by atoms with Gasteiger partial charge in [-0.1, -0.05) is 0 Å². The Morgan fingerprint density at radius 2 is 2.11 bits per heavy atom. The minimum Gasteiger partial charge on any atom is -0.497 e. The van der Waals surface area contributed by atoms with Crippen LogP contribution in [0.4, 0.5) is 0 Å². The van der Waals surface area contributed by atoms with Gasteiger partial charge in [0.1, 0.15) is 18.7 Å². The van der Waals surface area contributed by atoms with Gasteiger partial charge in [0, 0.05) is 12.7 Å². The fourth-order valence-corrected chi connectivity index (χ4v) is 3.22. The van der Waals surface area contributed by atoms with Crippen LogP contribution in [-0.2, 0) is 22.6 Å². The molecule has 0 spiro atoms. The Balaban J connectivity index is 1.96. The predicted octanol–water partition coefficient (Wildman–Crippen LogP) is 1.82. The van der Waals surface area contributed by atoms with Gasteiger partial charge >= 0.3 is 5.97 Å². The third-order valence-corrected chi connectivity index (χ3v) is 4.45. The summed E-state index contributed by atoms with van der Waals surface area (Å²) in [6.07, 6.45) is 1.63. The maximum Gasteiger partial charge on any atom is 0.358 e. The standard InChI is InChI=1S/C18H19N5O4/c1-4-27-18(24)16-14-8-22-15(9-25-2)20-21-17(22)12-7-11(26-3)5-6-13(12)23(14)10-19-16/h5-7,10H,4,8-9H2,1-3H3. The Morgan fingerprint density at radius 1 is 1.26 bits per heavy atom. The zero-order chi connectivity index (χ0) is 19.0. The molecule has 0 N–H and O–H groups in total. The summed E-state index contributed by atoms with van der Waals surface area (Å²) < 4.78 is 19.6. The molecule has 1 aliphatic heterocycles. The van der Waals surface area contributed by atoms with Gasteiger partial charge in [-0.3, -0.25) is 4.57 Å². The topological polar surface area (TPSA) is 93.3 Å². The summed E-state index contributed by atoms with van der Waals surface area (Å²) in [4.78, 5) is 16.7. The molecule has 0 unspecified atom stereocenters. The molecule has 0 aliphatic carbocycles. The molecule has 1 aromatic carbocycles. The summed E-state index contributed by atoms with van der Waals surface area (Å²) in [5, 5.41) is 8.61. The molecular weight excluding hydrogens is 350 g/mol. The second-order valence-electron chi connectivity index (χ2n) is 5.97.